The van der Waals surface area contributed by atoms with Crippen LogP contribution in [0.2, 0.25) is 0 Å². The van der Waals surface area contributed by atoms with Crippen LogP contribution in [-0.4, -0.2) is 81.3 Å². The molecule has 0 aromatic carbocycles. The molecule has 23 heavy (non-hydrogen) atoms. The average molecular weight is 348 g/mol. The van der Waals surface area contributed by atoms with E-state index in [2.05, 4.69) is 0 Å². The average Bonchev–Trinajstić information content (AvgIpc) is 2.54. The van der Waals surface area contributed by atoms with Gasteiger partial charge in [-0.3, -0.25) is 9.59 Å². The molecular formula is C14H24N2O6S. The molecule has 1 atom stereocenters. The Kier molecular flexibility index (Phi) is 5.99. The van der Waals surface area contributed by atoms with Crippen molar-refractivity contribution in [3.05, 3.63) is 0 Å². The van der Waals surface area contributed by atoms with E-state index in [-0.39, 0.29) is 11.8 Å². The summed E-state index contributed by atoms with van der Waals surface area (Å²) in [7, 11) is -3.22. The maximum atomic E-state index is 12.2. The highest BCUT2D eigenvalue weighted by Gasteiger charge is 2.32. The Labute approximate surface area is 136 Å². The third kappa shape index (κ3) is 4.89. The van der Waals surface area contributed by atoms with Crippen molar-refractivity contribution in [1.29, 1.82) is 0 Å². The van der Waals surface area contributed by atoms with Crippen LogP contribution in [0.3, 0.4) is 0 Å². The van der Waals surface area contributed by atoms with Gasteiger partial charge in [-0.1, -0.05) is 0 Å². The number of rotatable bonds is 4. The summed E-state index contributed by atoms with van der Waals surface area (Å²) in [6.07, 6.45) is 1.18. The van der Waals surface area contributed by atoms with Gasteiger partial charge in [-0.25, -0.2) is 12.7 Å². The molecule has 2 saturated heterocycles. The SMILES string of the molecule is CC(OC(=O)C1CCN(S(C)(=O)=O)CC1)C(=O)N1CCOCC1. The summed E-state index contributed by atoms with van der Waals surface area (Å²) in [4.78, 5) is 26.0. The summed E-state index contributed by atoms with van der Waals surface area (Å²) in [6, 6.07) is 0. The van der Waals surface area contributed by atoms with Gasteiger partial charge >= 0.3 is 5.97 Å². The van der Waals surface area contributed by atoms with Crippen molar-refractivity contribution in [3.63, 3.8) is 0 Å². The van der Waals surface area contributed by atoms with E-state index in [4.69, 9.17) is 9.47 Å². The van der Waals surface area contributed by atoms with Crippen molar-refractivity contribution in [3.8, 4) is 0 Å². The first-order valence-electron chi connectivity index (χ1n) is 7.81. The van der Waals surface area contributed by atoms with Crippen molar-refractivity contribution in [2.45, 2.75) is 25.9 Å². The predicted octanol–water partition coefficient (Wildman–Crippen LogP) is -0.551. The van der Waals surface area contributed by atoms with Gasteiger partial charge in [0, 0.05) is 26.2 Å². The lowest BCUT2D eigenvalue weighted by Gasteiger charge is -2.31. The van der Waals surface area contributed by atoms with Gasteiger partial charge in [0.2, 0.25) is 10.0 Å². The Hall–Kier alpha value is -1.19. The third-order valence-electron chi connectivity index (χ3n) is 4.22. The van der Waals surface area contributed by atoms with E-state index in [1.807, 2.05) is 0 Å². The standard InChI is InChI=1S/C14H24N2O6S/c1-11(13(17)15-7-9-21-10-8-15)22-14(18)12-3-5-16(6-4-12)23(2,19)20/h11-12H,3-10H2,1-2H3. The van der Waals surface area contributed by atoms with E-state index < -0.39 is 22.1 Å². The van der Waals surface area contributed by atoms with Gasteiger partial charge in [0.25, 0.3) is 5.91 Å². The molecule has 2 fully saturated rings. The van der Waals surface area contributed by atoms with Gasteiger partial charge in [0.05, 0.1) is 25.4 Å². The number of carbonyl (C=O) groups excluding carboxylic acids is 2. The second kappa shape index (κ2) is 7.59. The molecule has 1 unspecified atom stereocenters. The Balaban J connectivity index is 1.81. The van der Waals surface area contributed by atoms with E-state index in [1.54, 1.807) is 11.8 Å². The quantitative estimate of drug-likeness (QED) is 0.633. The Bertz CT molecular complexity index is 535. The summed E-state index contributed by atoms with van der Waals surface area (Å²) in [5.74, 6) is -0.990. The van der Waals surface area contributed by atoms with Crippen molar-refractivity contribution >= 4 is 21.9 Å². The smallest absolute Gasteiger partial charge is 0.309 e. The summed E-state index contributed by atoms with van der Waals surface area (Å²) >= 11 is 0. The second-order valence-corrected chi connectivity index (χ2v) is 7.94. The van der Waals surface area contributed by atoms with Crippen LogP contribution in [0.4, 0.5) is 0 Å². The topological polar surface area (TPSA) is 93.2 Å². The number of piperidine rings is 1. The largest absolute Gasteiger partial charge is 0.452 e. The summed E-state index contributed by atoms with van der Waals surface area (Å²) < 4.78 is 34.7. The molecule has 0 aromatic rings. The number of amides is 1. The highest BCUT2D eigenvalue weighted by atomic mass is 32.2. The van der Waals surface area contributed by atoms with Crippen molar-refractivity contribution in [2.24, 2.45) is 5.92 Å². The zero-order chi connectivity index (χ0) is 17.0. The summed E-state index contributed by atoms with van der Waals surface area (Å²) in [5.41, 5.74) is 0. The van der Waals surface area contributed by atoms with Gasteiger partial charge < -0.3 is 14.4 Å². The molecule has 0 spiro atoms. The molecule has 0 aliphatic carbocycles. The molecule has 2 rings (SSSR count). The van der Waals surface area contributed by atoms with E-state index in [9.17, 15) is 18.0 Å². The fourth-order valence-corrected chi connectivity index (χ4v) is 3.66. The number of esters is 1. The maximum absolute atomic E-state index is 12.2. The number of sulfonamides is 1. The lowest BCUT2D eigenvalue weighted by atomic mass is 9.98. The Morgan fingerprint density at radius 3 is 2.22 bits per heavy atom. The first-order chi connectivity index (χ1) is 10.8. The van der Waals surface area contributed by atoms with Gasteiger partial charge in [-0.15, -0.1) is 0 Å². The third-order valence-corrected chi connectivity index (χ3v) is 5.52. The van der Waals surface area contributed by atoms with Gasteiger partial charge in [-0.05, 0) is 19.8 Å². The van der Waals surface area contributed by atoms with E-state index in [0.717, 1.165) is 6.26 Å². The number of morpholine rings is 1. The molecule has 2 heterocycles. The van der Waals surface area contributed by atoms with Gasteiger partial charge in [0.1, 0.15) is 0 Å². The van der Waals surface area contributed by atoms with Crippen LogP contribution in [0.25, 0.3) is 0 Å². The van der Waals surface area contributed by atoms with Crippen LogP contribution >= 0.6 is 0 Å². The predicted molar refractivity (Wildman–Crippen MR) is 82.1 cm³/mol. The molecular weight excluding hydrogens is 324 g/mol. The molecule has 1 amide bonds. The molecule has 8 nitrogen and oxygen atoms in total. The van der Waals surface area contributed by atoms with Crippen LogP contribution in [0.5, 0.6) is 0 Å². The zero-order valence-corrected chi connectivity index (χ0v) is 14.4. The number of carbonyl (C=O) groups is 2. The van der Waals surface area contributed by atoms with Crippen LogP contribution in [-0.2, 0) is 29.1 Å². The second-order valence-electron chi connectivity index (χ2n) is 5.95. The number of hydrogen-bond donors (Lipinski definition) is 0. The Morgan fingerprint density at radius 1 is 1.13 bits per heavy atom. The van der Waals surface area contributed by atoms with Crippen molar-refractivity contribution in [2.75, 3.05) is 45.6 Å². The van der Waals surface area contributed by atoms with Crippen LogP contribution in [0.1, 0.15) is 19.8 Å². The highest BCUT2D eigenvalue weighted by molar-refractivity contribution is 7.88. The van der Waals surface area contributed by atoms with E-state index in [0.29, 0.717) is 52.2 Å². The fraction of sp³-hybridized carbons (Fsp3) is 0.857. The van der Waals surface area contributed by atoms with Crippen LogP contribution in [0, 0.1) is 5.92 Å². The molecule has 0 radical (unpaired) electrons. The van der Waals surface area contributed by atoms with Gasteiger partial charge in [0.15, 0.2) is 6.10 Å². The van der Waals surface area contributed by atoms with E-state index in [1.165, 1.54) is 4.31 Å². The molecule has 0 bridgehead atoms. The normalized spacial score (nSPS) is 22.6. The number of nitrogens with zero attached hydrogens (tertiary/aromatic N) is 2. The van der Waals surface area contributed by atoms with Crippen LogP contribution < -0.4 is 0 Å². The van der Waals surface area contributed by atoms with Crippen molar-refractivity contribution in [1.82, 2.24) is 9.21 Å². The maximum Gasteiger partial charge on any atom is 0.309 e. The highest BCUT2D eigenvalue weighted by Crippen LogP contribution is 2.21. The first-order valence-corrected chi connectivity index (χ1v) is 9.66. The molecule has 9 heteroatoms. The molecule has 132 valence electrons. The van der Waals surface area contributed by atoms with E-state index >= 15 is 0 Å². The van der Waals surface area contributed by atoms with Gasteiger partial charge in [-0.2, -0.15) is 0 Å². The van der Waals surface area contributed by atoms with Crippen LogP contribution in [0.15, 0.2) is 0 Å². The minimum absolute atomic E-state index is 0.213. The lowest BCUT2D eigenvalue weighted by Crippen LogP contribution is -2.47. The zero-order valence-electron chi connectivity index (χ0n) is 13.6. The summed E-state index contributed by atoms with van der Waals surface area (Å²) in [5, 5.41) is 0. The molecule has 0 saturated carbocycles. The minimum atomic E-state index is -3.22. The number of hydrogen-bond acceptors (Lipinski definition) is 6. The molecule has 2 aliphatic rings. The molecule has 2 aliphatic heterocycles. The monoisotopic (exact) mass is 348 g/mol. The first kappa shape index (κ1) is 18.2. The fourth-order valence-electron chi connectivity index (χ4n) is 2.78. The number of ether oxygens (including phenoxy) is 2. The lowest BCUT2D eigenvalue weighted by molar-refractivity contribution is -0.164. The minimum Gasteiger partial charge on any atom is -0.452 e. The summed E-state index contributed by atoms with van der Waals surface area (Å²) in [6.45, 7) is 4.20. The van der Waals surface area contributed by atoms with Crippen molar-refractivity contribution < 1.29 is 27.5 Å². The molecule has 0 N–H and O–H groups in total. The molecule has 0 aromatic heterocycles. The Morgan fingerprint density at radius 2 is 1.70 bits per heavy atom.